The minimum atomic E-state index is 0.900. The van der Waals surface area contributed by atoms with Crippen molar-refractivity contribution >= 4 is 13.9 Å². The molecule has 2 unspecified atom stereocenters. The Morgan fingerprint density at radius 1 is 0.667 bits per heavy atom. The molecular weight excluding hydrogens is 343 g/mol. The molecule has 2 atom stereocenters. The molecule has 0 saturated carbocycles. The summed E-state index contributed by atoms with van der Waals surface area (Å²) in [5.74, 6) is 0. The van der Waals surface area contributed by atoms with Crippen LogP contribution in [-0.4, -0.2) is 5.66 Å². The molecule has 0 heterocycles. The molecule has 1 aromatic rings. The van der Waals surface area contributed by atoms with Crippen LogP contribution in [0.5, 0.6) is 0 Å². The highest BCUT2D eigenvalue weighted by molar-refractivity contribution is 7.48. The Labute approximate surface area is 173 Å². The largest absolute Gasteiger partial charge is 0.0869 e. The van der Waals surface area contributed by atoms with Gasteiger partial charge < -0.3 is 0 Å². The van der Waals surface area contributed by atoms with Gasteiger partial charge in [0.25, 0.3) is 0 Å². The van der Waals surface area contributed by atoms with Crippen LogP contribution >= 0.6 is 8.58 Å². The molecule has 0 fully saturated rings. The van der Waals surface area contributed by atoms with Crippen molar-refractivity contribution in [2.45, 2.75) is 130 Å². The molecule has 1 aromatic carbocycles. The van der Waals surface area contributed by atoms with Crippen LogP contribution < -0.4 is 5.30 Å². The van der Waals surface area contributed by atoms with Gasteiger partial charge in [-0.05, 0) is 79.0 Å². The number of hydrogen-bond donors (Lipinski definition) is 0. The predicted octanol–water partition coefficient (Wildman–Crippen LogP) is 8.38. The van der Waals surface area contributed by atoms with E-state index in [2.05, 4.69) is 46.8 Å². The summed E-state index contributed by atoms with van der Waals surface area (Å²) in [4.78, 5) is 0. The summed E-state index contributed by atoms with van der Waals surface area (Å²) in [6, 6.07) is 5.05. The van der Waals surface area contributed by atoms with Crippen molar-refractivity contribution in [3.63, 3.8) is 0 Å². The van der Waals surface area contributed by atoms with Gasteiger partial charge in [-0.3, -0.25) is 0 Å². The first-order chi connectivity index (χ1) is 13.2. The van der Waals surface area contributed by atoms with E-state index in [9.17, 15) is 0 Å². The molecule has 156 valence electrons. The maximum absolute atomic E-state index is 2.53. The Morgan fingerprint density at radius 2 is 1.26 bits per heavy atom. The lowest BCUT2D eigenvalue weighted by atomic mass is 9.91. The molecule has 0 radical (unpaired) electrons. The van der Waals surface area contributed by atoms with E-state index in [0.717, 1.165) is 14.2 Å². The van der Waals surface area contributed by atoms with E-state index in [1.165, 1.54) is 89.9 Å². The molecular formula is C26H47P. The highest BCUT2D eigenvalue weighted by atomic mass is 31.1. The molecule has 0 spiro atoms. The van der Waals surface area contributed by atoms with E-state index in [-0.39, 0.29) is 0 Å². The molecule has 1 rings (SSSR count). The van der Waals surface area contributed by atoms with Crippen LogP contribution in [0.2, 0.25) is 0 Å². The SMILES string of the molecule is CCCCCC(CC)Pc1ccc(CCCC)c(CCCC)c1CCCC. The molecule has 0 saturated heterocycles. The van der Waals surface area contributed by atoms with Crippen LogP contribution in [0, 0.1) is 0 Å². The number of benzene rings is 1. The molecule has 1 heteroatoms. The molecule has 0 aliphatic carbocycles. The quantitative estimate of drug-likeness (QED) is 0.196. The van der Waals surface area contributed by atoms with Crippen molar-refractivity contribution < 1.29 is 0 Å². The van der Waals surface area contributed by atoms with E-state index in [0.29, 0.717) is 0 Å². The maximum atomic E-state index is 2.53. The second kappa shape index (κ2) is 15.6. The number of hydrogen-bond acceptors (Lipinski definition) is 0. The molecule has 27 heavy (non-hydrogen) atoms. The molecule has 0 aromatic heterocycles. The lowest BCUT2D eigenvalue weighted by molar-refractivity contribution is 0.634. The number of rotatable bonds is 16. The van der Waals surface area contributed by atoms with Crippen molar-refractivity contribution in [3.05, 3.63) is 28.8 Å². The zero-order valence-electron chi connectivity index (χ0n) is 19.1. The summed E-state index contributed by atoms with van der Waals surface area (Å²) in [5, 5.41) is 1.72. The Bertz CT molecular complexity index is 491. The van der Waals surface area contributed by atoms with Crippen LogP contribution in [0.25, 0.3) is 0 Å². The second-order valence-electron chi connectivity index (χ2n) is 8.29. The summed E-state index contributed by atoms with van der Waals surface area (Å²) in [7, 11) is 1.02. The minimum Gasteiger partial charge on any atom is -0.0869 e. The fourth-order valence-electron chi connectivity index (χ4n) is 4.02. The lowest BCUT2D eigenvalue weighted by Crippen LogP contribution is -2.15. The Morgan fingerprint density at radius 3 is 1.85 bits per heavy atom. The third-order valence-corrected chi connectivity index (χ3v) is 7.78. The minimum absolute atomic E-state index is 0.900. The van der Waals surface area contributed by atoms with E-state index in [4.69, 9.17) is 0 Å². The highest BCUT2D eigenvalue weighted by Gasteiger charge is 2.16. The maximum Gasteiger partial charge on any atom is -0.0199 e. The van der Waals surface area contributed by atoms with Crippen LogP contribution in [0.1, 0.15) is 122 Å². The first-order valence-electron chi connectivity index (χ1n) is 12.1. The van der Waals surface area contributed by atoms with Gasteiger partial charge >= 0.3 is 0 Å². The van der Waals surface area contributed by atoms with Crippen LogP contribution in [0.15, 0.2) is 12.1 Å². The summed E-state index contributed by atoms with van der Waals surface area (Å²) in [6.07, 6.45) is 18.8. The Hall–Kier alpha value is -0.350. The molecule has 0 bridgehead atoms. The second-order valence-corrected chi connectivity index (χ2v) is 9.93. The molecule has 0 N–H and O–H groups in total. The van der Waals surface area contributed by atoms with Gasteiger partial charge in [-0.25, -0.2) is 0 Å². The predicted molar refractivity (Wildman–Crippen MR) is 128 cm³/mol. The molecule has 0 nitrogen and oxygen atoms in total. The normalized spacial score (nSPS) is 12.9. The number of aryl methyl sites for hydroxylation is 1. The van der Waals surface area contributed by atoms with E-state index in [1.807, 2.05) is 0 Å². The molecule has 0 aliphatic heterocycles. The first-order valence-corrected chi connectivity index (χ1v) is 13.2. The smallest absolute Gasteiger partial charge is 0.0199 e. The van der Waals surface area contributed by atoms with Gasteiger partial charge in [0.05, 0.1) is 0 Å². The summed E-state index contributed by atoms with van der Waals surface area (Å²) < 4.78 is 0. The Balaban J connectivity index is 3.11. The van der Waals surface area contributed by atoms with Crippen molar-refractivity contribution in [3.8, 4) is 0 Å². The summed E-state index contributed by atoms with van der Waals surface area (Å²) >= 11 is 0. The summed E-state index contributed by atoms with van der Waals surface area (Å²) in [5.41, 5.74) is 6.10. The zero-order chi connectivity index (χ0) is 19.9. The topological polar surface area (TPSA) is 0 Å². The van der Waals surface area contributed by atoms with Crippen molar-refractivity contribution in [1.82, 2.24) is 0 Å². The van der Waals surface area contributed by atoms with Crippen molar-refractivity contribution in [2.75, 3.05) is 0 Å². The average molecular weight is 391 g/mol. The fraction of sp³-hybridized carbons (Fsp3) is 0.769. The standard InChI is InChI=1S/C26H47P/c1-6-11-15-17-23(10-5)27-26-21-20-22(16-12-7-2)24(18-13-8-3)25(26)19-14-9-4/h20-21,23,27H,6-19H2,1-5H3. The van der Waals surface area contributed by atoms with Gasteiger partial charge in [-0.1, -0.05) is 93.9 Å². The fourth-order valence-corrected chi connectivity index (χ4v) is 5.64. The summed E-state index contributed by atoms with van der Waals surface area (Å²) in [6.45, 7) is 11.7. The van der Waals surface area contributed by atoms with Crippen molar-refractivity contribution in [1.29, 1.82) is 0 Å². The van der Waals surface area contributed by atoms with Gasteiger partial charge in [0.15, 0.2) is 0 Å². The third-order valence-electron chi connectivity index (χ3n) is 5.90. The van der Waals surface area contributed by atoms with Gasteiger partial charge in [-0.2, -0.15) is 0 Å². The van der Waals surface area contributed by atoms with E-state index in [1.54, 1.807) is 22.0 Å². The molecule has 0 aliphatic rings. The molecule has 0 amide bonds. The van der Waals surface area contributed by atoms with Gasteiger partial charge in [0.2, 0.25) is 0 Å². The van der Waals surface area contributed by atoms with Gasteiger partial charge in [0.1, 0.15) is 0 Å². The number of unbranched alkanes of at least 4 members (excludes halogenated alkanes) is 5. The van der Waals surface area contributed by atoms with Crippen LogP contribution in [0.4, 0.5) is 0 Å². The van der Waals surface area contributed by atoms with Crippen molar-refractivity contribution in [2.24, 2.45) is 0 Å². The lowest BCUT2D eigenvalue weighted by Gasteiger charge is -2.22. The average Bonchev–Trinajstić information content (AvgIpc) is 2.69. The Kier molecular flexibility index (Phi) is 14.2. The highest BCUT2D eigenvalue weighted by Crippen LogP contribution is 2.31. The third kappa shape index (κ3) is 9.13. The van der Waals surface area contributed by atoms with Crippen LogP contribution in [-0.2, 0) is 19.3 Å². The van der Waals surface area contributed by atoms with Gasteiger partial charge in [-0.15, -0.1) is 0 Å². The van der Waals surface area contributed by atoms with E-state index >= 15 is 0 Å². The first kappa shape index (κ1) is 24.7. The zero-order valence-corrected chi connectivity index (χ0v) is 20.1. The monoisotopic (exact) mass is 390 g/mol. The van der Waals surface area contributed by atoms with Crippen LogP contribution in [0.3, 0.4) is 0 Å². The van der Waals surface area contributed by atoms with Gasteiger partial charge in [0, 0.05) is 0 Å². The van der Waals surface area contributed by atoms with E-state index < -0.39 is 0 Å².